The van der Waals surface area contributed by atoms with Crippen LogP contribution in [0.2, 0.25) is 0 Å². The zero-order valence-electron chi connectivity index (χ0n) is 12.6. The highest BCUT2D eigenvalue weighted by molar-refractivity contribution is 7.92. The number of nitrogens with two attached hydrogens (primary N) is 1. The number of hydrogen-bond acceptors (Lipinski definition) is 7. The molecule has 10 heteroatoms. The fourth-order valence-electron chi connectivity index (χ4n) is 1.51. The molecule has 0 aromatic rings. The van der Waals surface area contributed by atoms with Crippen LogP contribution < -0.4 is 5.73 Å². The van der Waals surface area contributed by atoms with E-state index in [1.807, 2.05) is 0 Å². The topological polar surface area (TPSA) is 144 Å². The lowest BCUT2D eigenvalue weighted by atomic mass is 10.3. The summed E-state index contributed by atoms with van der Waals surface area (Å²) in [4.78, 5) is 14.1. The summed E-state index contributed by atoms with van der Waals surface area (Å²) in [6, 6.07) is 0. The minimum atomic E-state index is -3.34. The van der Waals surface area contributed by atoms with E-state index in [-0.39, 0.29) is 31.1 Å². The van der Waals surface area contributed by atoms with Crippen molar-refractivity contribution in [3.8, 4) is 0 Å². The normalized spacial score (nSPS) is 11.1. The van der Waals surface area contributed by atoms with Gasteiger partial charge in [0.2, 0.25) is 0 Å². The van der Waals surface area contributed by atoms with E-state index in [0.717, 1.165) is 0 Å². The Balaban J connectivity index is 3.58. The number of nitrogens with zero attached hydrogens (tertiary/aromatic N) is 3. The molecule has 2 N–H and O–H groups in total. The Morgan fingerprint density at radius 3 is 2.45 bits per heavy atom. The predicted octanol–water partition coefficient (Wildman–Crippen LogP) is 0.443. The van der Waals surface area contributed by atoms with Crippen LogP contribution in [0.5, 0.6) is 0 Å². The zero-order chi connectivity index (χ0) is 16.7. The molecular formula is C12H24N4O5S. The Morgan fingerprint density at radius 1 is 1.14 bits per heavy atom. The predicted molar refractivity (Wildman–Crippen MR) is 82.2 cm³/mol. The summed E-state index contributed by atoms with van der Waals surface area (Å²) in [6.45, 7) is 1.81. The first-order chi connectivity index (χ1) is 10.5. The lowest BCUT2D eigenvalue weighted by Crippen LogP contribution is -2.21. The maximum Gasteiger partial charge on any atom is 0.157 e. The van der Waals surface area contributed by atoms with E-state index in [0.29, 0.717) is 39.2 Å². The summed E-state index contributed by atoms with van der Waals surface area (Å²) in [7, 11) is -3.34. The number of hydrogen-bond donors (Lipinski definition) is 1. The molecule has 0 aliphatic heterocycles. The highest BCUT2D eigenvalue weighted by Crippen LogP contribution is 1.99. The van der Waals surface area contributed by atoms with Crippen LogP contribution >= 0.6 is 0 Å². The SMILES string of the molecule is [N-]=[N+]=NCCOCCOCCC(=O)CS(=O)(=O)CCCCN. The minimum absolute atomic E-state index is 0.00415. The zero-order valence-corrected chi connectivity index (χ0v) is 13.5. The first-order valence-electron chi connectivity index (χ1n) is 7.10. The molecule has 0 atom stereocenters. The van der Waals surface area contributed by atoms with Crippen molar-refractivity contribution in [2.45, 2.75) is 19.3 Å². The average Bonchev–Trinajstić information content (AvgIpc) is 2.45. The highest BCUT2D eigenvalue weighted by atomic mass is 32.2. The largest absolute Gasteiger partial charge is 0.379 e. The molecule has 0 fully saturated rings. The van der Waals surface area contributed by atoms with Crippen LogP contribution in [0, 0.1) is 0 Å². The molecule has 0 bridgehead atoms. The van der Waals surface area contributed by atoms with E-state index >= 15 is 0 Å². The fraction of sp³-hybridized carbons (Fsp3) is 0.917. The number of Topliss-reactive ketones (excluding diaryl/α,β-unsaturated/α-hetero) is 1. The molecular weight excluding hydrogens is 312 g/mol. The molecule has 0 aliphatic carbocycles. The van der Waals surface area contributed by atoms with Crippen LogP contribution in [0.3, 0.4) is 0 Å². The number of carbonyl (C=O) groups excluding carboxylic acids is 1. The third kappa shape index (κ3) is 13.8. The van der Waals surface area contributed by atoms with Gasteiger partial charge in [0.15, 0.2) is 9.84 Å². The summed E-state index contributed by atoms with van der Waals surface area (Å²) in [5, 5.41) is 3.30. The summed E-state index contributed by atoms with van der Waals surface area (Å²) in [5.74, 6) is -0.795. The van der Waals surface area contributed by atoms with Crippen molar-refractivity contribution in [1.29, 1.82) is 0 Å². The van der Waals surface area contributed by atoms with Gasteiger partial charge in [0.25, 0.3) is 0 Å². The summed E-state index contributed by atoms with van der Waals surface area (Å²) >= 11 is 0. The lowest BCUT2D eigenvalue weighted by molar-refractivity contribution is -0.117. The smallest absolute Gasteiger partial charge is 0.157 e. The van der Waals surface area contributed by atoms with E-state index < -0.39 is 15.6 Å². The van der Waals surface area contributed by atoms with Gasteiger partial charge in [-0.3, -0.25) is 4.79 Å². The van der Waals surface area contributed by atoms with Gasteiger partial charge < -0.3 is 15.2 Å². The molecule has 0 rings (SSSR count). The van der Waals surface area contributed by atoms with Crippen molar-refractivity contribution >= 4 is 15.6 Å². The Morgan fingerprint density at radius 2 is 1.82 bits per heavy atom. The third-order valence-corrected chi connectivity index (χ3v) is 4.26. The van der Waals surface area contributed by atoms with Crippen molar-refractivity contribution < 1.29 is 22.7 Å². The fourth-order valence-corrected chi connectivity index (χ4v) is 2.94. The van der Waals surface area contributed by atoms with Gasteiger partial charge in [0.05, 0.1) is 32.2 Å². The number of carbonyl (C=O) groups is 1. The van der Waals surface area contributed by atoms with Crippen molar-refractivity contribution in [1.82, 2.24) is 0 Å². The first kappa shape index (κ1) is 20.8. The van der Waals surface area contributed by atoms with Gasteiger partial charge in [-0.15, -0.1) is 0 Å². The third-order valence-electron chi connectivity index (χ3n) is 2.59. The van der Waals surface area contributed by atoms with Crippen LogP contribution in [0.15, 0.2) is 5.11 Å². The molecule has 0 spiro atoms. The minimum Gasteiger partial charge on any atom is -0.379 e. The second kappa shape index (κ2) is 13.5. The molecule has 0 heterocycles. The Hall–Kier alpha value is -1.19. The van der Waals surface area contributed by atoms with Gasteiger partial charge >= 0.3 is 0 Å². The standard InChI is InChI=1S/C12H24N4O5S/c13-4-1-2-10-22(18,19)11-12(17)3-6-20-8-9-21-7-5-15-16-14/h1-11,13H2. The molecule has 0 radical (unpaired) electrons. The van der Waals surface area contributed by atoms with Crippen LogP contribution in [0.25, 0.3) is 10.4 Å². The molecule has 0 saturated heterocycles. The van der Waals surface area contributed by atoms with Crippen LogP contribution in [0.4, 0.5) is 0 Å². The van der Waals surface area contributed by atoms with E-state index in [2.05, 4.69) is 10.0 Å². The molecule has 0 aliphatic rings. The van der Waals surface area contributed by atoms with Gasteiger partial charge in [0, 0.05) is 17.9 Å². The Bertz CT molecular complexity index is 448. The molecule has 22 heavy (non-hydrogen) atoms. The summed E-state index contributed by atoms with van der Waals surface area (Å²) < 4.78 is 33.5. The number of azide groups is 1. The second-order valence-electron chi connectivity index (χ2n) is 4.56. The van der Waals surface area contributed by atoms with E-state index in [4.69, 9.17) is 20.7 Å². The Kier molecular flexibility index (Phi) is 12.7. The van der Waals surface area contributed by atoms with Gasteiger partial charge in [-0.25, -0.2) is 8.42 Å². The van der Waals surface area contributed by atoms with Gasteiger partial charge in [-0.1, -0.05) is 5.11 Å². The number of ketones is 1. The number of sulfone groups is 1. The molecule has 0 amide bonds. The van der Waals surface area contributed by atoms with E-state index in [1.54, 1.807) is 0 Å². The van der Waals surface area contributed by atoms with E-state index in [1.165, 1.54) is 0 Å². The van der Waals surface area contributed by atoms with Crippen LogP contribution in [-0.2, 0) is 24.1 Å². The molecule has 9 nitrogen and oxygen atoms in total. The molecule has 0 aromatic heterocycles. The average molecular weight is 336 g/mol. The molecule has 0 unspecified atom stereocenters. The van der Waals surface area contributed by atoms with Crippen molar-refractivity contribution in [3.05, 3.63) is 10.4 Å². The second-order valence-corrected chi connectivity index (χ2v) is 6.74. The van der Waals surface area contributed by atoms with Gasteiger partial charge in [0.1, 0.15) is 11.5 Å². The highest BCUT2D eigenvalue weighted by Gasteiger charge is 2.15. The number of unbranched alkanes of at least 4 members (excludes halogenated alkanes) is 1. The van der Waals surface area contributed by atoms with Crippen LogP contribution in [0.1, 0.15) is 19.3 Å². The number of ether oxygens (including phenoxy) is 2. The van der Waals surface area contributed by atoms with Crippen molar-refractivity contribution in [3.63, 3.8) is 0 Å². The van der Waals surface area contributed by atoms with Crippen LogP contribution in [-0.4, -0.2) is 65.2 Å². The lowest BCUT2D eigenvalue weighted by Gasteiger charge is -2.05. The monoisotopic (exact) mass is 336 g/mol. The van der Waals surface area contributed by atoms with Gasteiger partial charge in [-0.2, -0.15) is 0 Å². The molecule has 0 saturated carbocycles. The van der Waals surface area contributed by atoms with Crippen molar-refractivity contribution in [2.75, 3.05) is 51.0 Å². The Labute approximate surface area is 130 Å². The van der Waals surface area contributed by atoms with E-state index in [9.17, 15) is 13.2 Å². The summed E-state index contributed by atoms with van der Waals surface area (Å²) in [5.41, 5.74) is 13.3. The number of rotatable bonds is 15. The maximum absolute atomic E-state index is 11.6. The summed E-state index contributed by atoms with van der Waals surface area (Å²) in [6.07, 6.45) is 1.18. The first-order valence-corrected chi connectivity index (χ1v) is 8.92. The van der Waals surface area contributed by atoms with Gasteiger partial charge in [-0.05, 0) is 24.9 Å². The molecule has 128 valence electrons. The molecule has 0 aromatic carbocycles. The quantitative estimate of drug-likeness (QED) is 0.199. The van der Waals surface area contributed by atoms with Crippen molar-refractivity contribution in [2.24, 2.45) is 10.8 Å². The maximum atomic E-state index is 11.6.